The maximum Gasteiger partial charge on any atom is 0.372 e. The lowest BCUT2D eigenvalue weighted by Crippen LogP contribution is -2.28. The third kappa shape index (κ3) is 3.57. The van der Waals surface area contributed by atoms with Gasteiger partial charge in [-0.1, -0.05) is 18.2 Å². The number of urea groups is 1. The highest BCUT2D eigenvalue weighted by molar-refractivity contribution is 5.92. The molecule has 128 valence electrons. The molecule has 0 aliphatic heterocycles. The van der Waals surface area contributed by atoms with E-state index in [0.717, 1.165) is 16.3 Å². The van der Waals surface area contributed by atoms with Gasteiger partial charge in [0.15, 0.2) is 0 Å². The Bertz CT molecular complexity index is 935. The standard InChI is InChI=1S/C17H17N5O3/c1-2-18-17(25)21-14-8-11-4-3-5-12(13(11)9-20-14)10-22-7-6-19-15(22)16(23)24/h3-9H,2,10H2,1H3,(H,23,24)(H2,18,20,21,25). The van der Waals surface area contributed by atoms with E-state index >= 15 is 0 Å². The van der Waals surface area contributed by atoms with Gasteiger partial charge in [0.25, 0.3) is 0 Å². The number of amides is 2. The number of hydrogen-bond donors (Lipinski definition) is 3. The van der Waals surface area contributed by atoms with Crippen LogP contribution in [0.1, 0.15) is 23.1 Å². The first-order valence-corrected chi connectivity index (χ1v) is 7.75. The minimum Gasteiger partial charge on any atom is -0.475 e. The second-order valence-corrected chi connectivity index (χ2v) is 5.38. The van der Waals surface area contributed by atoms with E-state index in [1.54, 1.807) is 23.0 Å². The number of rotatable bonds is 5. The molecule has 3 rings (SSSR count). The van der Waals surface area contributed by atoms with Crippen LogP contribution in [-0.4, -0.2) is 38.2 Å². The molecule has 2 amide bonds. The third-order valence-corrected chi connectivity index (χ3v) is 3.68. The van der Waals surface area contributed by atoms with Crippen molar-refractivity contribution in [1.82, 2.24) is 19.9 Å². The van der Waals surface area contributed by atoms with Crippen molar-refractivity contribution < 1.29 is 14.7 Å². The Morgan fingerprint density at radius 1 is 1.28 bits per heavy atom. The van der Waals surface area contributed by atoms with Gasteiger partial charge in [-0.25, -0.2) is 19.6 Å². The van der Waals surface area contributed by atoms with Gasteiger partial charge in [-0.15, -0.1) is 0 Å². The van der Waals surface area contributed by atoms with E-state index in [-0.39, 0.29) is 11.9 Å². The van der Waals surface area contributed by atoms with Crippen LogP contribution in [0.15, 0.2) is 42.9 Å². The quantitative estimate of drug-likeness (QED) is 0.661. The molecule has 3 N–H and O–H groups in total. The summed E-state index contributed by atoms with van der Waals surface area (Å²) in [5.74, 6) is -0.638. The Morgan fingerprint density at radius 3 is 2.88 bits per heavy atom. The fraction of sp³-hybridized carbons (Fsp3) is 0.176. The Morgan fingerprint density at radius 2 is 2.12 bits per heavy atom. The summed E-state index contributed by atoms with van der Waals surface area (Å²) in [7, 11) is 0. The lowest BCUT2D eigenvalue weighted by atomic mass is 10.1. The van der Waals surface area contributed by atoms with Crippen LogP contribution in [0.25, 0.3) is 10.8 Å². The first-order valence-electron chi connectivity index (χ1n) is 7.75. The molecule has 3 aromatic rings. The maximum atomic E-state index is 11.6. The molecule has 2 aromatic heterocycles. The van der Waals surface area contributed by atoms with Crippen molar-refractivity contribution in [2.75, 3.05) is 11.9 Å². The number of carboxylic acids is 1. The van der Waals surface area contributed by atoms with Crippen LogP contribution in [0.5, 0.6) is 0 Å². The van der Waals surface area contributed by atoms with Crippen molar-refractivity contribution in [3.8, 4) is 0 Å². The summed E-state index contributed by atoms with van der Waals surface area (Å²) in [4.78, 5) is 30.9. The number of nitrogens with one attached hydrogen (secondary N) is 2. The Balaban J connectivity index is 1.91. The molecule has 8 heteroatoms. The van der Waals surface area contributed by atoms with Gasteiger partial charge in [-0.05, 0) is 23.9 Å². The lowest BCUT2D eigenvalue weighted by molar-refractivity contribution is 0.0679. The number of aromatic nitrogens is 3. The van der Waals surface area contributed by atoms with Crippen molar-refractivity contribution in [2.24, 2.45) is 0 Å². The van der Waals surface area contributed by atoms with E-state index in [9.17, 15) is 9.59 Å². The van der Waals surface area contributed by atoms with E-state index in [1.165, 1.54) is 6.20 Å². The smallest absolute Gasteiger partial charge is 0.372 e. The summed E-state index contributed by atoms with van der Waals surface area (Å²) in [6, 6.07) is 7.17. The minimum absolute atomic E-state index is 0.0144. The third-order valence-electron chi connectivity index (χ3n) is 3.68. The molecule has 0 aliphatic carbocycles. The summed E-state index contributed by atoms with van der Waals surface area (Å²) >= 11 is 0. The molecule has 1 aromatic carbocycles. The highest BCUT2D eigenvalue weighted by Crippen LogP contribution is 2.22. The highest BCUT2D eigenvalue weighted by Gasteiger charge is 2.12. The van der Waals surface area contributed by atoms with Gasteiger partial charge in [-0.2, -0.15) is 0 Å². The van der Waals surface area contributed by atoms with Gasteiger partial charge >= 0.3 is 12.0 Å². The zero-order valence-electron chi connectivity index (χ0n) is 13.6. The van der Waals surface area contributed by atoms with E-state index in [1.807, 2.05) is 25.1 Å². The zero-order valence-corrected chi connectivity index (χ0v) is 13.6. The average Bonchev–Trinajstić information content (AvgIpc) is 3.03. The van der Waals surface area contributed by atoms with Gasteiger partial charge in [0.05, 0.1) is 0 Å². The number of hydrogen-bond acceptors (Lipinski definition) is 4. The van der Waals surface area contributed by atoms with Gasteiger partial charge in [0.2, 0.25) is 5.82 Å². The van der Waals surface area contributed by atoms with Crippen LogP contribution >= 0.6 is 0 Å². The molecule has 0 saturated heterocycles. The molecular weight excluding hydrogens is 322 g/mol. The van der Waals surface area contributed by atoms with Crippen molar-refractivity contribution in [1.29, 1.82) is 0 Å². The Kier molecular flexibility index (Phi) is 4.60. The first kappa shape index (κ1) is 16.4. The molecule has 0 aliphatic rings. The highest BCUT2D eigenvalue weighted by atomic mass is 16.4. The lowest BCUT2D eigenvalue weighted by Gasteiger charge is -2.10. The summed E-state index contributed by atoms with van der Waals surface area (Å²) in [5.41, 5.74) is 0.912. The second kappa shape index (κ2) is 7.00. The van der Waals surface area contributed by atoms with Crippen LogP contribution < -0.4 is 10.6 Å². The van der Waals surface area contributed by atoms with Gasteiger partial charge in [0, 0.05) is 37.1 Å². The van der Waals surface area contributed by atoms with Gasteiger partial charge < -0.3 is 15.0 Å². The van der Waals surface area contributed by atoms with Crippen molar-refractivity contribution in [2.45, 2.75) is 13.5 Å². The average molecular weight is 339 g/mol. The number of fused-ring (bicyclic) bond motifs is 1. The zero-order chi connectivity index (χ0) is 17.8. The van der Waals surface area contributed by atoms with Crippen molar-refractivity contribution >= 4 is 28.6 Å². The number of carbonyl (C=O) groups excluding carboxylic acids is 1. The predicted molar refractivity (Wildman–Crippen MR) is 92.7 cm³/mol. The Hall–Kier alpha value is -3.42. The fourth-order valence-electron chi connectivity index (χ4n) is 2.58. The summed E-state index contributed by atoms with van der Waals surface area (Å²) < 4.78 is 1.57. The first-order chi connectivity index (χ1) is 12.1. The second-order valence-electron chi connectivity index (χ2n) is 5.38. The largest absolute Gasteiger partial charge is 0.475 e. The molecule has 25 heavy (non-hydrogen) atoms. The summed E-state index contributed by atoms with van der Waals surface area (Å²) in [6.45, 7) is 2.73. The molecule has 0 bridgehead atoms. The molecular formula is C17H17N5O3. The fourth-order valence-corrected chi connectivity index (χ4v) is 2.58. The van der Waals surface area contributed by atoms with Crippen LogP contribution in [-0.2, 0) is 6.54 Å². The van der Waals surface area contributed by atoms with Crippen molar-refractivity contribution in [3.05, 3.63) is 54.2 Å². The van der Waals surface area contributed by atoms with E-state index in [2.05, 4.69) is 20.6 Å². The topological polar surface area (TPSA) is 109 Å². The molecule has 0 spiro atoms. The molecule has 0 radical (unpaired) electrons. The number of pyridine rings is 1. The Labute approximate surface area is 143 Å². The molecule has 0 saturated carbocycles. The summed E-state index contributed by atoms with van der Waals surface area (Å²) in [5, 5.41) is 16.3. The normalized spacial score (nSPS) is 10.6. The SMILES string of the molecule is CCNC(=O)Nc1cc2cccc(Cn3ccnc3C(=O)O)c2cn1. The predicted octanol–water partition coefficient (Wildman–Crippen LogP) is 2.32. The number of nitrogens with zero attached hydrogens (tertiary/aromatic N) is 3. The number of imidazole rings is 1. The minimum atomic E-state index is -1.07. The van der Waals surface area contributed by atoms with E-state index in [4.69, 9.17) is 5.11 Å². The molecule has 8 nitrogen and oxygen atoms in total. The molecule has 0 unspecified atom stereocenters. The number of carbonyl (C=O) groups is 2. The van der Waals surface area contributed by atoms with Crippen molar-refractivity contribution in [3.63, 3.8) is 0 Å². The van der Waals surface area contributed by atoms with E-state index < -0.39 is 5.97 Å². The monoisotopic (exact) mass is 339 g/mol. The number of benzene rings is 1. The molecule has 0 fully saturated rings. The number of aromatic carboxylic acids is 1. The van der Waals surface area contributed by atoms with Gasteiger partial charge in [-0.3, -0.25) is 5.32 Å². The number of carboxylic acid groups (broad SMARTS) is 1. The van der Waals surface area contributed by atoms with Gasteiger partial charge in [0.1, 0.15) is 5.82 Å². The van der Waals surface area contributed by atoms with Crippen LogP contribution in [0.4, 0.5) is 10.6 Å². The van der Waals surface area contributed by atoms with Crippen LogP contribution in [0.3, 0.4) is 0 Å². The molecule has 2 heterocycles. The van der Waals surface area contributed by atoms with Crippen LogP contribution in [0, 0.1) is 0 Å². The maximum absolute atomic E-state index is 11.6. The number of anilines is 1. The van der Waals surface area contributed by atoms with E-state index in [0.29, 0.717) is 18.9 Å². The summed E-state index contributed by atoms with van der Waals surface area (Å²) in [6.07, 6.45) is 4.76. The van der Waals surface area contributed by atoms with Crippen LogP contribution in [0.2, 0.25) is 0 Å². The molecule has 0 atom stereocenters.